The van der Waals surface area contributed by atoms with Gasteiger partial charge in [0.25, 0.3) is 0 Å². The first-order chi connectivity index (χ1) is 21.3. The summed E-state index contributed by atoms with van der Waals surface area (Å²) < 4.78 is 21.8. The third-order valence-corrected chi connectivity index (χ3v) is 7.96. The number of imidazole rings is 2. The van der Waals surface area contributed by atoms with Gasteiger partial charge in [0.15, 0.2) is 22.1 Å². The van der Waals surface area contributed by atoms with Crippen LogP contribution in [-0.4, -0.2) is 35.6 Å². The number of aryl methyl sites for hydroxylation is 4. The molecule has 0 saturated carbocycles. The monoisotopic (exact) mass is 574 g/mol. The number of rotatable bonds is 0. The maximum atomic E-state index is 6.12. The first-order valence-corrected chi connectivity index (χ1v) is 15.5. The van der Waals surface area contributed by atoms with Crippen molar-refractivity contribution >= 4 is 22.1 Å². The molecule has 220 valence electrons. The Balaban J connectivity index is 1.24. The van der Waals surface area contributed by atoms with E-state index in [1.165, 1.54) is 22.1 Å². The van der Waals surface area contributed by atoms with Crippen molar-refractivity contribution in [3.8, 4) is 0 Å². The number of ether oxygens (including phenoxy) is 2. The van der Waals surface area contributed by atoms with Gasteiger partial charge in [-0.15, -0.1) is 0 Å². The summed E-state index contributed by atoms with van der Waals surface area (Å²) in [6.07, 6.45) is 28.4. The van der Waals surface area contributed by atoms with Crippen molar-refractivity contribution in [2.75, 3.05) is 26.4 Å². The van der Waals surface area contributed by atoms with Crippen LogP contribution in [0.15, 0.2) is 133 Å². The minimum Gasteiger partial charge on any atom is -0.377 e. The molecule has 2 aromatic carbocycles. The van der Waals surface area contributed by atoms with Crippen LogP contribution in [0.25, 0.3) is 22.1 Å². The second kappa shape index (κ2) is 14.8. The molecule has 0 unspecified atom stereocenters. The number of benzene rings is 2. The lowest BCUT2D eigenvalue weighted by Crippen LogP contribution is -2.33. The van der Waals surface area contributed by atoms with Crippen molar-refractivity contribution in [3.63, 3.8) is 0 Å². The normalized spacial score (nSPS) is 23.3. The Morgan fingerprint density at radius 1 is 0.535 bits per heavy atom. The Hall–Kier alpha value is -4.26. The minimum atomic E-state index is 0.588. The molecule has 43 heavy (non-hydrogen) atoms. The summed E-state index contributed by atoms with van der Waals surface area (Å²) in [6, 6.07) is 17.5. The Morgan fingerprint density at radius 3 is 1.53 bits per heavy atom. The van der Waals surface area contributed by atoms with E-state index in [0.717, 1.165) is 56.6 Å². The van der Waals surface area contributed by atoms with Gasteiger partial charge in [-0.1, -0.05) is 85.0 Å². The van der Waals surface area contributed by atoms with Crippen LogP contribution in [0.3, 0.4) is 0 Å². The molecule has 1 aliphatic heterocycles. The van der Waals surface area contributed by atoms with E-state index in [-0.39, 0.29) is 0 Å². The van der Waals surface area contributed by atoms with Gasteiger partial charge in [-0.05, 0) is 35.4 Å². The van der Waals surface area contributed by atoms with Gasteiger partial charge < -0.3 is 9.47 Å². The van der Waals surface area contributed by atoms with Crippen LogP contribution in [0.2, 0.25) is 0 Å². The molecule has 4 aromatic rings. The van der Waals surface area contributed by atoms with E-state index in [0.29, 0.717) is 26.4 Å². The minimum absolute atomic E-state index is 0.588. The molecule has 6 bridgehead atoms. The average molecular weight is 575 g/mol. The van der Waals surface area contributed by atoms with Crippen LogP contribution < -0.4 is 9.13 Å². The van der Waals surface area contributed by atoms with Crippen LogP contribution >= 0.6 is 0 Å². The molecule has 0 atom stereocenters. The summed E-state index contributed by atoms with van der Waals surface area (Å²) in [4.78, 5) is 0. The first-order valence-electron chi connectivity index (χ1n) is 15.5. The van der Waals surface area contributed by atoms with E-state index in [2.05, 4.69) is 140 Å². The van der Waals surface area contributed by atoms with E-state index >= 15 is 0 Å². The van der Waals surface area contributed by atoms with Crippen LogP contribution in [0.1, 0.15) is 19.3 Å². The zero-order valence-electron chi connectivity index (χ0n) is 24.9. The molecule has 0 amide bonds. The van der Waals surface area contributed by atoms with Crippen molar-refractivity contribution in [2.45, 2.75) is 45.4 Å². The molecule has 1 aliphatic carbocycles. The van der Waals surface area contributed by atoms with Gasteiger partial charge in [0.2, 0.25) is 12.7 Å². The molecule has 0 spiro atoms. The van der Waals surface area contributed by atoms with Gasteiger partial charge in [0, 0.05) is 19.3 Å². The third kappa shape index (κ3) is 7.58. The van der Waals surface area contributed by atoms with Gasteiger partial charge >= 0.3 is 0 Å². The van der Waals surface area contributed by atoms with Crippen molar-refractivity contribution < 1.29 is 18.6 Å². The number of hydrogen-bond donors (Lipinski definition) is 0. The maximum Gasteiger partial charge on any atom is 0.244 e. The zero-order valence-corrected chi connectivity index (χ0v) is 24.9. The van der Waals surface area contributed by atoms with Crippen molar-refractivity contribution in [3.05, 3.63) is 133 Å². The lowest BCUT2D eigenvalue weighted by molar-refractivity contribution is -0.672. The number of nitrogens with zero attached hydrogens (tertiary/aromatic N) is 4. The first kappa shape index (κ1) is 28.8. The molecule has 2 aromatic heterocycles. The predicted octanol–water partition coefficient (Wildman–Crippen LogP) is 6.18. The van der Waals surface area contributed by atoms with E-state index < -0.39 is 0 Å². The quantitative estimate of drug-likeness (QED) is 0.235. The van der Waals surface area contributed by atoms with Crippen LogP contribution in [-0.2, 0) is 35.7 Å². The molecule has 0 saturated heterocycles. The van der Waals surface area contributed by atoms with Crippen LogP contribution in [0.5, 0.6) is 0 Å². The molecule has 3 heterocycles. The maximum absolute atomic E-state index is 6.12. The fourth-order valence-electron chi connectivity index (χ4n) is 5.81. The van der Waals surface area contributed by atoms with Gasteiger partial charge in [0.05, 0.1) is 52.6 Å². The summed E-state index contributed by atoms with van der Waals surface area (Å²) >= 11 is 0. The average Bonchev–Trinajstić information content (AvgIpc) is 3.56. The van der Waals surface area contributed by atoms with Crippen molar-refractivity contribution in [1.82, 2.24) is 9.13 Å². The summed E-state index contributed by atoms with van der Waals surface area (Å²) in [5.74, 6) is 0. The second-order valence-corrected chi connectivity index (χ2v) is 11.1. The van der Waals surface area contributed by atoms with Crippen LogP contribution in [0, 0.1) is 0 Å². The predicted molar refractivity (Wildman–Crippen MR) is 172 cm³/mol. The van der Waals surface area contributed by atoms with E-state index in [1.54, 1.807) is 0 Å². The number of para-hydroxylation sites is 4. The Morgan fingerprint density at radius 2 is 1.02 bits per heavy atom. The molecule has 0 fully saturated rings. The summed E-state index contributed by atoms with van der Waals surface area (Å²) in [7, 11) is 0. The summed E-state index contributed by atoms with van der Waals surface area (Å²) in [5, 5.41) is 0. The fraction of sp³-hybridized carbons (Fsp3) is 0.297. The number of allylic oxidation sites excluding steroid dienone is 8. The highest BCUT2D eigenvalue weighted by molar-refractivity contribution is 5.72. The zero-order chi connectivity index (χ0) is 29.1. The Kier molecular flexibility index (Phi) is 9.90. The number of aromatic nitrogens is 4. The highest BCUT2D eigenvalue weighted by Gasteiger charge is 2.18. The SMILES string of the molecule is C1=C\C=C2/C=C\C=C/C(=C\C=C/1)COCCC[n+]1cn(c3ccccc31)CCCn1c[n+](c3ccccc31)CCCOC2. The van der Waals surface area contributed by atoms with Crippen molar-refractivity contribution in [1.29, 1.82) is 0 Å². The highest BCUT2D eigenvalue weighted by atomic mass is 16.5. The molecular weight excluding hydrogens is 532 g/mol. The topological polar surface area (TPSA) is 36.1 Å². The smallest absolute Gasteiger partial charge is 0.244 e. The number of fused-ring (bicyclic) bond motifs is 13. The summed E-state index contributed by atoms with van der Waals surface area (Å²) in [5.41, 5.74) is 7.41. The molecule has 6 nitrogen and oxygen atoms in total. The van der Waals surface area contributed by atoms with Gasteiger partial charge in [-0.25, -0.2) is 18.3 Å². The molecule has 0 N–H and O–H groups in total. The fourth-order valence-corrected chi connectivity index (χ4v) is 5.81. The number of hydrogen-bond acceptors (Lipinski definition) is 2. The molecule has 6 rings (SSSR count). The standard InChI is InChI=1S/C37H42N4O2/c1-2-4-15-33-17-6-5-16-32(14-3-1)28-42-26-12-24-40-30-38(34-18-7-9-20-36(34)40)22-11-23-39-31-41(25-13-27-43-29-33)37-21-10-8-19-35(37)39/h1-10,14-21,30-31H,11-13,22-29H2/q+2/b2-1?,3-1-,4-2-,6-5?,14-3?,15-4?,16-5-,17-6-,32-14+,32-16?,33-15+,33-17?. The van der Waals surface area contributed by atoms with Gasteiger partial charge in [-0.3, -0.25) is 0 Å². The van der Waals surface area contributed by atoms with Gasteiger partial charge in [0.1, 0.15) is 0 Å². The summed E-state index contributed by atoms with van der Waals surface area (Å²) in [6.45, 7) is 6.39. The molecule has 6 heteroatoms. The largest absolute Gasteiger partial charge is 0.377 e. The third-order valence-electron chi connectivity index (χ3n) is 7.96. The van der Waals surface area contributed by atoms with E-state index in [1.807, 2.05) is 0 Å². The highest BCUT2D eigenvalue weighted by Crippen LogP contribution is 2.15. The lowest BCUT2D eigenvalue weighted by atomic mass is 10.2. The van der Waals surface area contributed by atoms with Gasteiger partial charge in [-0.2, -0.15) is 0 Å². The Bertz CT molecular complexity index is 1590. The van der Waals surface area contributed by atoms with E-state index in [4.69, 9.17) is 9.47 Å². The molecule has 0 radical (unpaired) electrons. The lowest BCUT2D eigenvalue weighted by Gasteiger charge is -2.05. The van der Waals surface area contributed by atoms with Crippen LogP contribution in [0.4, 0.5) is 0 Å². The second-order valence-electron chi connectivity index (χ2n) is 11.1. The van der Waals surface area contributed by atoms with E-state index in [9.17, 15) is 0 Å². The molecule has 2 aliphatic rings. The molecular formula is C37H42N4O2+2. The van der Waals surface area contributed by atoms with Crippen molar-refractivity contribution in [2.24, 2.45) is 0 Å². The Labute approximate surface area is 254 Å².